The minimum atomic E-state index is -3.94. The molecule has 2 rings (SSSR count). The largest absolute Gasteiger partial charge is 0.279 e. The average Bonchev–Trinajstić information content (AvgIpc) is 2.61. The Hall–Kier alpha value is -1.61. The fourth-order valence-electron chi connectivity index (χ4n) is 2.86. The van der Waals surface area contributed by atoms with Crippen molar-refractivity contribution < 1.29 is 16.8 Å². The minimum Gasteiger partial charge on any atom is -0.279 e. The number of rotatable bonds is 7. The topological polar surface area (TPSA) is 83.6 Å². The van der Waals surface area contributed by atoms with E-state index < -0.39 is 20.0 Å². The molecule has 0 aromatic heterocycles. The molecule has 0 aliphatic rings. The van der Waals surface area contributed by atoms with Gasteiger partial charge in [0.2, 0.25) is 10.0 Å². The third kappa shape index (κ3) is 4.51. The SMILES string of the molecule is CCN(CC)S(=O)(=O)c1cc(C)c(C)c(NS(=O)(=O)c2cc(Cl)ccc2C)c1. The first-order valence-electron chi connectivity index (χ1n) is 8.84. The van der Waals surface area contributed by atoms with Crippen LogP contribution in [-0.2, 0) is 20.0 Å². The van der Waals surface area contributed by atoms with E-state index in [1.54, 1.807) is 52.8 Å². The number of nitrogens with zero attached hydrogens (tertiary/aromatic N) is 1. The Kier molecular flexibility index (Phi) is 6.81. The quantitative estimate of drug-likeness (QED) is 0.696. The third-order valence-electron chi connectivity index (χ3n) is 4.67. The molecular formula is C19H25ClN2O4S2. The predicted molar refractivity (Wildman–Crippen MR) is 113 cm³/mol. The second-order valence-corrected chi connectivity index (χ2v) is 10.5. The van der Waals surface area contributed by atoms with Gasteiger partial charge in [-0.1, -0.05) is 31.5 Å². The number of halogens is 1. The third-order valence-corrected chi connectivity index (χ3v) is 8.44. The molecule has 0 saturated carbocycles. The molecule has 0 heterocycles. The van der Waals surface area contributed by atoms with Crippen molar-refractivity contribution in [3.63, 3.8) is 0 Å². The number of sulfonamides is 2. The highest BCUT2D eigenvalue weighted by Crippen LogP contribution is 2.29. The molecule has 0 fully saturated rings. The van der Waals surface area contributed by atoms with Crippen molar-refractivity contribution in [1.29, 1.82) is 0 Å². The molecule has 0 spiro atoms. The number of benzene rings is 2. The van der Waals surface area contributed by atoms with Crippen LogP contribution in [0.4, 0.5) is 5.69 Å². The molecule has 2 aromatic rings. The van der Waals surface area contributed by atoms with E-state index in [9.17, 15) is 16.8 Å². The van der Waals surface area contributed by atoms with Gasteiger partial charge in [0, 0.05) is 18.1 Å². The molecule has 9 heteroatoms. The molecule has 6 nitrogen and oxygen atoms in total. The molecule has 0 aliphatic heterocycles. The Morgan fingerprint density at radius 1 is 0.929 bits per heavy atom. The van der Waals surface area contributed by atoms with E-state index in [0.29, 0.717) is 34.8 Å². The molecule has 0 atom stereocenters. The van der Waals surface area contributed by atoms with Gasteiger partial charge in [-0.25, -0.2) is 16.8 Å². The average molecular weight is 445 g/mol. The second-order valence-electron chi connectivity index (χ2n) is 6.52. The zero-order valence-electron chi connectivity index (χ0n) is 16.6. The number of hydrogen-bond donors (Lipinski definition) is 1. The fourth-order valence-corrected chi connectivity index (χ4v) is 6.05. The minimum absolute atomic E-state index is 0.0501. The van der Waals surface area contributed by atoms with Crippen LogP contribution in [0.3, 0.4) is 0 Å². The maximum absolute atomic E-state index is 12.9. The van der Waals surface area contributed by atoms with Gasteiger partial charge in [-0.3, -0.25) is 4.72 Å². The van der Waals surface area contributed by atoms with Crippen molar-refractivity contribution in [2.75, 3.05) is 17.8 Å². The first-order chi connectivity index (χ1) is 12.9. The van der Waals surface area contributed by atoms with E-state index in [1.165, 1.54) is 16.4 Å². The Morgan fingerprint density at radius 2 is 1.54 bits per heavy atom. The Labute approximate surface area is 172 Å². The number of hydrogen-bond acceptors (Lipinski definition) is 4. The molecule has 28 heavy (non-hydrogen) atoms. The summed E-state index contributed by atoms with van der Waals surface area (Å²) in [7, 11) is -7.66. The molecule has 0 radical (unpaired) electrons. The van der Waals surface area contributed by atoms with Gasteiger partial charge in [0.1, 0.15) is 0 Å². The van der Waals surface area contributed by atoms with E-state index >= 15 is 0 Å². The predicted octanol–water partition coefficient (Wildman–Crippen LogP) is 4.10. The molecule has 0 unspecified atom stereocenters. The maximum Gasteiger partial charge on any atom is 0.262 e. The lowest BCUT2D eigenvalue weighted by molar-refractivity contribution is 0.445. The van der Waals surface area contributed by atoms with Crippen molar-refractivity contribution in [2.24, 2.45) is 0 Å². The van der Waals surface area contributed by atoms with E-state index in [1.807, 2.05) is 0 Å². The van der Waals surface area contributed by atoms with Crippen molar-refractivity contribution >= 4 is 37.3 Å². The summed E-state index contributed by atoms with van der Waals surface area (Å²) < 4.78 is 55.4. The Morgan fingerprint density at radius 3 is 2.11 bits per heavy atom. The molecule has 154 valence electrons. The molecule has 0 bridgehead atoms. The lowest BCUT2D eigenvalue weighted by Gasteiger charge is -2.21. The van der Waals surface area contributed by atoms with E-state index in [-0.39, 0.29) is 15.5 Å². The highest BCUT2D eigenvalue weighted by atomic mass is 35.5. The van der Waals surface area contributed by atoms with E-state index in [4.69, 9.17) is 11.6 Å². The summed E-state index contributed by atoms with van der Waals surface area (Å²) in [5.41, 5.74) is 2.10. The molecule has 0 amide bonds. The van der Waals surface area contributed by atoms with Crippen molar-refractivity contribution in [1.82, 2.24) is 4.31 Å². The fraction of sp³-hybridized carbons (Fsp3) is 0.368. The summed E-state index contributed by atoms with van der Waals surface area (Å²) in [6.45, 7) is 9.33. The molecule has 0 aliphatic carbocycles. The van der Waals surface area contributed by atoms with Gasteiger partial charge in [-0.2, -0.15) is 4.31 Å². The van der Waals surface area contributed by atoms with Gasteiger partial charge in [-0.05, 0) is 61.7 Å². The number of nitrogens with one attached hydrogen (secondary N) is 1. The van der Waals surface area contributed by atoms with Gasteiger partial charge in [0.15, 0.2) is 0 Å². The van der Waals surface area contributed by atoms with Crippen LogP contribution in [0.15, 0.2) is 40.1 Å². The van der Waals surface area contributed by atoms with Crippen LogP contribution in [0.25, 0.3) is 0 Å². The summed E-state index contributed by atoms with van der Waals surface area (Å²) in [5, 5.41) is 0.303. The Balaban J connectivity index is 2.58. The van der Waals surface area contributed by atoms with Crippen LogP contribution >= 0.6 is 11.6 Å². The molecule has 0 saturated heterocycles. The molecule has 1 N–H and O–H groups in total. The first-order valence-corrected chi connectivity index (χ1v) is 12.1. The second kappa shape index (κ2) is 8.41. The van der Waals surface area contributed by atoms with Crippen LogP contribution in [0.2, 0.25) is 5.02 Å². The monoisotopic (exact) mass is 444 g/mol. The maximum atomic E-state index is 12.9. The van der Waals surface area contributed by atoms with Crippen molar-refractivity contribution in [3.8, 4) is 0 Å². The standard InChI is InChI=1S/C19H25ClN2O4S2/c1-6-22(7-2)28(25,26)17-10-14(4)15(5)18(12-17)21-27(23,24)19-11-16(20)9-8-13(19)3/h8-12,21H,6-7H2,1-5H3. The van der Waals surface area contributed by atoms with Gasteiger partial charge < -0.3 is 0 Å². The summed E-state index contributed by atoms with van der Waals surface area (Å²) in [4.78, 5) is 0.105. The van der Waals surface area contributed by atoms with Gasteiger partial charge in [-0.15, -0.1) is 0 Å². The zero-order valence-corrected chi connectivity index (χ0v) is 19.0. The summed E-state index contributed by atoms with van der Waals surface area (Å²) in [5.74, 6) is 0. The van der Waals surface area contributed by atoms with Crippen molar-refractivity contribution in [2.45, 2.75) is 44.4 Å². The summed E-state index contributed by atoms with van der Waals surface area (Å²) >= 11 is 5.96. The molecule has 2 aromatic carbocycles. The smallest absolute Gasteiger partial charge is 0.262 e. The van der Waals surface area contributed by atoms with Crippen LogP contribution in [-0.4, -0.2) is 34.2 Å². The van der Waals surface area contributed by atoms with Crippen LogP contribution in [0.5, 0.6) is 0 Å². The van der Waals surface area contributed by atoms with Gasteiger partial charge >= 0.3 is 0 Å². The van der Waals surface area contributed by atoms with E-state index in [0.717, 1.165) is 0 Å². The van der Waals surface area contributed by atoms with Gasteiger partial charge in [0.25, 0.3) is 10.0 Å². The summed E-state index contributed by atoms with van der Waals surface area (Å²) in [6.07, 6.45) is 0. The molecular weight excluding hydrogens is 420 g/mol. The highest BCUT2D eigenvalue weighted by molar-refractivity contribution is 7.92. The number of aryl methyl sites for hydroxylation is 2. The number of anilines is 1. The highest BCUT2D eigenvalue weighted by Gasteiger charge is 2.25. The van der Waals surface area contributed by atoms with Crippen LogP contribution in [0.1, 0.15) is 30.5 Å². The zero-order chi connectivity index (χ0) is 21.3. The summed E-state index contributed by atoms with van der Waals surface area (Å²) in [6, 6.07) is 7.54. The van der Waals surface area contributed by atoms with Crippen LogP contribution in [0, 0.1) is 20.8 Å². The van der Waals surface area contributed by atoms with E-state index in [2.05, 4.69) is 4.72 Å². The normalized spacial score (nSPS) is 12.4. The van der Waals surface area contributed by atoms with Crippen LogP contribution < -0.4 is 4.72 Å². The van der Waals surface area contributed by atoms with Crippen molar-refractivity contribution in [3.05, 3.63) is 52.0 Å². The lowest BCUT2D eigenvalue weighted by Crippen LogP contribution is -2.30. The Bertz CT molecular complexity index is 1090. The first kappa shape index (κ1) is 22.7. The lowest BCUT2D eigenvalue weighted by atomic mass is 10.1. The van der Waals surface area contributed by atoms with Gasteiger partial charge in [0.05, 0.1) is 15.5 Å².